The molecular weight excluding hydrogens is 420 g/mol. The summed E-state index contributed by atoms with van der Waals surface area (Å²) in [6.07, 6.45) is 1.81. The lowest BCUT2D eigenvalue weighted by atomic mass is 10.1. The van der Waals surface area contributed by atoms with Crippen LogP contribution < -0.4 is 5.32 Å². The standard InChI is InChI=1S/C24H28N6OS/c1-4-30-21-8-6-5-7-19(21)28-23(30)15-29-9-10-31-22(14-29)20-12-18(11-16(2)26-20)27-24-25-13-17(3)32-24/h5-8,11-13,22H,4,9-10,14-15H2,1-3H3,(H,25,26,27)/t22-/m0/s1. The number of aryl methyl sites for hydroxylation is 3. The molecule has 4 aromatic rings. The minimum absolute atomic E-state index is 0.0679. The lowest BCUT2D eigenvalue weighted by Crippen LogP contribution is -2.38. The third-order valence-electron chi connectivity index (χ3n) is 5.74. The number of pyridine rings is 1. The highest BCUT2D eigenvalue weighted by atomic mass is 32.1. The second-order valence-electron chi connectivity index (χ2n) is 8.18. The van der Waals surface area contributed by atoms with E-state index in [1.54, 1.807) is 11.3 Å². The van der Waals surface area contributed by atoms with E-state index in [1.165, 1.54) is 10.4 Å². The molecule has 1 fully saturated rings. The highest BCUT2D eigenvalue weighted by Gasteiger charge is 2.25. The normalized spacial score (nSPS) is 17.2. The summed E-state index contributed by atoms with van der Waals surface area (Å²) in [6, 6.07) is 12.5. The Kier molecular flexibility index (Phi) is 5.91. The second kappa shape index (κ2) is 8.97. The van der Waals surface area contributed by atoms with Gasteiger partial charge in [-0.1, -0.05) is 12.1 Å². The monoisotopic (exact) mass is 448 g/mol. The topological polar surface area (TPSA) is 68.1 Å². The van der Waals surface area contributed by atoms with E-state index in [-0.39, 0.29) is 6.10 Å². The zero-order valence-electron chi connectivity index (χ0n) is 18.7. The average molecular weight is 449 g/mol. The van der Waals surface area contributed by atoms with Gasteiger partial charge in [-0.25, -0.2) is 9.97 Å². The van der Waals surface area contributed by atoms with Crippen LogP contribution in [0.5, 0.6) is 0 Å². The molecule has 32 heavy (non-hydrogen) atoms. The Labute approximate surface area is 192 Å². The van der Waals surface area contributed by atoms with Crippen molar-refractivity contribution in [1.29, 1.82) is 0 Å². The quantitative estimate of drug-likeness (QED) is 0.455. The summed E-state index contributed by atoms with van der Waals surface area (Å²) in [6.45, 7) is 10.3. The van der Waals surface area contributed by atoms with Gasteiger partial charge < -0.3 is 14.6 Å². The van der Waals surface area contributed by atoms with Gasteiger partial charge >= 0.3 is 0 Å². The molecule has 0 aliphatic carbocycles. The van der Waals surface area contributed by atoms with Crippen molar-refractivity contribution in [2.45, 2.75) is 40.0 Å². The molecule has 1 saturated heterocycles. The Balaban J connectivity index is 1.34. The smallest absolute Gasteiger partial charge is 0.187 e. The predicted molar refractivity (Wildman–Crippen MR) is 128 cm³/mol. The molecule has 3 aromatic heterocycles. The maximum atomic E-state index is 6.14. The van der Waals surface area contributed by atoms with Gasteiger partial charge in [0.25, 0.3) is 0 Å². The molecule has 4 heterocycles. The molecule has 0 bridgehead atoms. The zero-order valence-corrected chi connectivity index (χ0v) is 19.5. The SMILES string of the molecule is CCn1c(CN2CCO[C@H](c3cc(Nc4ncc(C)s4)cc(C)n3)C2)nc2ccccc21. The Morgan fingerprint density at radius 1 is 1.19 bits per heavy atom. The van der Waals surface area contributed by atoms with Gasteiger partial charge in [0.2, 0.25) is 0 Å². The van der Waals surface area contributed by atoms with Crippen molar-refractivity contribution in [3.8, 4) is 0 Å². The number of fused-ring (bicyclic) bond motifs is 1. The van der Waals surface area contributed by atoms with Crippen LogP contribution in [0.2, 0.25) is 0 Å². The summed E-state index contributed by atoms with van der Waals surface area (Å²) in [5.41, 5.74) is 5.17. The average Bonchev–Trinajstić information content (AvgIpc) is 3.35. The van der Waals surface area contributed by atoms with Crippen molar-refractivity contribution in [3.05, 3.63) is 64.7 Å². The number of ether oxygens (including phenoxy) is 1. The van der Waals surface area contributed by atoms with Crippen LogP contribution in [0.3, 0.4) is 0 Å². The van der Waals surface area contributed by atoms with Gasteiger partial charge in [-0.2, -0.15) is 0 Å². The molecule has 1 atom stereocenters. The second-order valence-corrected chi connectivity index (χ2v) is 9.41. The number of thiazole rings is 1. The molecule has 8 heteroatoms. The molecule has 1 N–H and O–H groups in total. The summed E-state index contributed by atoms with van der Waals surface area (Å²) in [5.74, 6) is 1.10. The first-order valence-electron chi connectivity index (χ1n) is 11.0. The first-order chi connectivity index (χ1) is 15.6. The maximum Gasteiger partial charge on any atom is 0.187 e. The number of para-hydroxylation sites is 2. The zero-order chi connectivity index (χ0) is 22.1. The third-order valence-corrected chi connectivity index (χ3v) is 6.57. The van der Waals surface area contributed by atoms with E-state index in [1.807, 2.05) is 25.3 Å². The number of nitrogens with zero attached hydrogens (tertiary/aromatic N) is 5. The largest absolute Gasteiger partial charge is 0.369 e. The lowest BCUT2D eigenvalue weighted by molar-refractivity contribution is -0.0359. The molecule has 0 unspecified atom stereocenters. The van der Waals surface area contributed by atoms with Crippen molar-refractivity contribution in [2.24, 2.45) is 0 Å². The summed E-state index contributed by atoms with van der Waals surface area (Å²) < 4.78 is 8.45. The van der Waals surface area contributed by atoms with Crippen LogP contribution in [-0.2, 0) is 17.8 Å². The Morgan fingerprint density at radius 2 is 2.06 bits per heavy atom. The predicted octanol–water partition coefficient (Wildman–Crippen LogP) is 4.84. The van der Waals surface area contributed by atoms with Crippen LogP contribution in [-0.4, -0.2) is 44.1 Å². The number of rotatable bonds is 6. The van der Waals surface area contributed by atoms with Crippen molar-refractivity contribution < 1.29 is 4.74 Å². The number of benzene rings is 1. The van der Waals surface area contributed by atoms with Gasteiger partial charge in [0.1, 0.15) is 11.9 Å². The van der Waals surface area contributed by atoms with E-state index in [0.717, 1.165) is 59.7 Å². The Bertz CT molecular complexity index is 1230. The maximum absolute atomic E-state index is 6.14. The minimum atomic E-state index is -0.0679. The van der Waals surface area contributed by atoms with Gasteiger partial charge in [-0.15, -0.1) is 11.3 Å². The third kappa shape index (κ3) is 4.39. The number of hydrogen-bond acceptors (Lipinski definition) is 7. The molecule has 5 rings (SSSR count). The van der Waals surface area contributed by atoms with Gasteiger partial charge in [0.05, 0.1) is 29.9 Å². The van der Waals surface area contributed by atoms with Crippen LogP contribution >= 0.6 is 11.3 Å². The highest BCUT2D eigenvalue weighted by Crippen LogP contribution is 2.28. The molecule has 7 nitrogen and oxygen atoms in total. The van der Waals surface area contributed by atoms with Crippen LogP contribution in [0.1, 0.15) is 35.1 Å². The number of imidazole rings is 1. The number of morpholine rings is 1. The van der Waals surface area contributed by atoms with Crippen molar-refractivity contribution in [2.75, 3.05) is 25.0 Å². The van der Waals surface area contributed by atoms with Crippen LogP contribution in [0.25, 0.3) is 11.0 Å². The first-order valence-corrected chi connectivity index (χ1v) is 11.9. The van der Waals surface area contributed by atoms with Gasteiger partial charge in [0.15, 0.2) is 5.13 Å². The van der Waals surface area contributed by atoms with E-state index in [2.05, 4.69) is 57.9 Å². The van der Waals surface area contributed by atoms with Gasteiger partial charge in [0, 0.05) is 42.1 Å². The number of nitrogens with one attached hydrogen (secondary N) is 1. The van der Waals surface area contributed by atoms with E-state index in [4.69, 9.17) is 14.7 Å². The van der Waals surface area contributed by atoms with E-state index in [9.17, 15) is 0 Å². The molecule has 166 valence electrons. The molecule has 1 aliphatic rings. The number of aromatic nitrogens is 4. The Hall–Kier alpha value is -2.81. The van der Waals surface area contributed by atoms with E-state index < -0.39 is 0 Å². The molecule has 0 spiro atoms. The number of anilines is 2. The fourth-order valence-corrected chi connectivity index (χ4v) is 4.98. The highest BCUT2D eigenvalue weighted by molar-refractivity contribution is 7.15. The van der Waals surface area contributed by atoms with E-state index >= 15 is 0 Å². The fraction of sp³-hybridized carbons (Fsp3) is 0.375. The van der Waals surface area contributed by atoms with E-state index in [0.29, 0.717) is 6.61 Å². The molecular formula is C24H28N6OS. The molecule has 1 aromatic carbocycles. The van der Waals surface area contributed by atoms with Crippen LogP contribution in [0, 0.1) is 13.8 Å². The molecule has 0 amide bonds. The van der Waals surface area contributed by atoms with Crippen LogP contribution in [0.4, 0.5) is 10.8 Å². The van der Waals surface area contributed by atoms with Gasteiger partial charge in [-0.05, 0) is 45.0 Å². The van der Waals surface area contributed by atoms with Crippen LogP contribution in [0.15, 0.2) is 42.6 Å². The Morgan fingerprint density at radius 3 is 2.88 bits per heavy atom. The molecule has 0 radical (unpaired) electrons. The first kappa shape index (κ1) is 21.1. The lowest BCUT2D eigenvalue weighted by Gasteiger charge is -2.32. The van der Waals surface area contributed by atoms with Crippen molar-refractivity contribution >= 4 is 33.2 Å². The summed E-state index contributed by atoms with van der Waals surface area (Å²) in [7, 11) is 0. The number of hydrogen-bond donors (Lipinski definition) is 1. The summed E-state index contributed by atoms with van der Waals surface area (Å²) in [5, 5.41) is 4.30. The minimum Gasteiger partial charge on any atom is -0.369 e. The van der Waals surface area contributed by atoms with Gasteiger partial charge in [-0.3, -0.25) is 9.88 Å². The summed E-state index contributed by atoms with van der Waals surface area (Å²) in [4.78, 5) is 17.7. The van der Waals surface area contributed by atoms with Crippen molar-refractivity contribution in [1.82, 2.24) is 24.4 Å². The van der Waals surface area contributed by atoms with Crippen molar-refractivity contribution in [3.63, 3.8) is 0 Å². The molecule has 0 saturated carbocycles. The fourth-order valence-electron chi connectivity index (χ4n) is 4.29. The molecule has 1 aliphatic heterocycles. The summed E-state index contributed by atoms with van der Waals surface area (Å²) >= 11 is 1.65.